The van der Waals surface area contributed by atoms with Crippen LogP contribution in [0.1, 0.15) is 30.4 Å². The molecule has 5 rings (SSSR count). The molecule has 25 heavy (non-hydrogen) atoms. The summed E-state index contributed by atoms with van der Waals surface area (Å²) < 4.78 is 0. The van der Waals surface area contributed by atoms with Crippen LogP contribution in [-0.4, -0.2) is 35.4 Å². The van der Waals surface area contributed by atoms with Gasteiger partial charge in [-0.05, 0) is 61.1 Å². The average Bonchev–Trinajstić information content (AvgIpc) is 3.33. The van der Waals surface area contributed by atoms with Gasteiger partial charge in [0, 0.05) is 37.7 Å². The van der Waals surface area contributed by atoms with E-state index in [0.29, 0.717) is 11.8 Å². The number of hydrogen-bond acceptors (Lipinski definition) is 3. The van der Waals surface area contributed by atoms with Gasteiger partial charge in [-0.25, -0.2) is 0 Å². The Labute approximate surface area is 148 Å². The van der Waals surface area contributed by atoms with Crippen molar-refractivity contribution in [3.05, 3.63) is 59.9 Å². The number of pyridine rings is 1. The standard InChI is InChI=1S/C21H23N3O/c25-20-21(9-12-23(15-21)13-17-7-10-22-11-8-17)18-3-1-2-4-19(18)24(20)14-16-5-6-16/h1-4,7-8,10-11,16H,5-6,9,12-15H2/t21-/m1/s1. The highest BCUT2D eigenvalue weighted by molar-refractivity contribution is 6.08. The molecule has 0 radical (unpaired) electrons. The molecular weight excluding hydrogens is 310 g/mol. The number of anilines is 1. The van der Waals surface area contributed by atoms with Crippen LogP contribution in [-0.2, 0) is 16.8 Å². The summed E-state index contributed by atoms with van der Waals surface area (Å²) >= 11 is 0. The Balaban J connectivity index is 1.43. The number of nitrogens with zero attached hydrogens (tertiary/aromatic N) is 3. The number of amides is 1. The van der Waals surface area contributed by atoms with Crippen LogP contribution >= 0.6 is 0 Å². The Morgan fingerprint density at radius 2 is 1.92 bits per heavy atom. The number of hydrogen-bond donors (Lipinski definition) is 0. The Bertz CT molecular complexity index is 802. The van der Waals surface area contributed by atoms with Crippen molar-refractivity contribution < 1.29 is 4.79 Å². The van der Waals surface area contributed by atoms with Gasteiger partial charge in [-0.1, -0.05) is 18.2 Å². The maximum absolute atomic E-state index is 13.4. The Morgan fingerprint density at radius 3 is 2.72 bits per heavy atom. The predicted molar refractivity (Wildman–Crippen MR) is 97.3 cm³/mol. The van der Waals surface area contributed by atoms with Gasteiger partial charge < -0.3 is 4.90 Å². The number of carbonyl (C=O) groups is 1. The highest BCUT2D eigenvalue weighted by Crippen LogP contribution is 2.48. The van der Waals surface area contributed by atoms with Crippen molar-refractivity contribution in [3.63, 3.8) is 0 Å². The second-order valence-corrected chi connectivity index (χ2v) is 7.77. The van der Waals surface area contributed by atoms with Gasteiger partial charge in [0.2, 0.25) is 5.91 Å². The van der Waals surface area contributed by atoms with Crippen molar-refractivity contribution in [2.45, 2.75) is 31.2 Å². The largest absolute Gasteiger partial charge is 0.311 e. The molecule has 3 aliphatic rings. The number of carbonyl (C=O) groups excluding carboxylic acids is 1. The molecule has 3 heterocycles. The summed E-state index contributed by atoms with van der Waals surface area (Å²) in [5.41, 5.74) is 3.34. The topological polar surface area (TPSA) is 36.4 Å². The summed E-state index contributed by atoms with van der Waals surface area (Å²) in [7, 11) is 0. The van der Waals surface area contributed by atoms with E-state index in [4.69, 9.17) is 0 Å². The van der Waals surface area contributed by atoms with Gasteiger partial charge in [0.15, 0.2) is 0 Å². The molecule has 1 saturated carbocycles. The number of aromatic nitrogens is 1. The minimum Gasteiger partial charge on any atom is -0.311 e. The third-order valence-electron chi connectivity index (χ3n) is 6.01. The fourth-order valence-electron chi connectivity index (χ4n) is 4.50. The van der Waals surface area contributed by atoms with Gasteiger partial charge >= 0.3 is 0 Å². The lowest BCUT2D eigenvalue weighted by Crippen LogP contribution is -2.43. The number of para-hydroxylation sites is 1. The van der Waals surface area contributed by atoms with Crippen LogP contribution < -0.4 is 4.90 Å². The quantitative estimate of drug-likeness (QED) is 0.863. The normalized spacial score (nSPS) is 25.8. The monoisotopic (exact) mass is 333 g/mol. The smallest absolute Gasteiger partial charge is 0.239 e. The second-order valence-electron chi connectivity index (χ2n) is 7.77. The van der Waals surface area contributed by atoms with E-state index in [1.165, 1.54) is 24.0 Å². The van der Waals surface area contributed by atoms with Crippen LogP contribution in [0.2, 0.25) is 0 Å². The number of benzene rings is 1. The average molecular weight is 333 g/mol. The molecule has 1 aliphatic carbocycles. The summed E-state index contributed by atoms with van der Waals surface area (Å²) in [6.07, 6.45) is 7.15. The van der Waals surface area contributed by atoms with Gasteiger partial charge in [0.1, 0.15) is 0 Å². The van der Waals surface area contributed by atoms with Crippen molar-refractivity contribution in [2.24, 2.45) is 5.92 Å². The maximum Gasteiger partial charge on any atom is 0.239 e. The predicted octanol–water partition coefficient (Wildman–Crippen LogP) is 2.98. The lowest BCUT2D eigenvalue weighted by molar-refractivity contribution is -0.122. The SMILES string of the molecule is O=C1N(CC2CC2)c2ccccc2[C@]12CCN(Cc1ccncc1)C2. The highest BCUT2D eigenvalue weighted by atomic mass is 16.2. The Kier molecular flexibility index (Phi) is 3.42. The van der Waals surface area contributed by atoms with Crippen molar-refractivity contribution >= 4 is 11.6 Å². The molecule has 2 fully saturated rings. The fourth-order valence-corrected chi connectivity index (χ4v) is 4.50. The van der Waals surface area contributed by atoms with E-state index in [2.05, 4.69) is 51.2 Å². The van der Waals surface area contributed by atoms with Crippen LogP contribution in [0, 0.1) is 5.92 Å². The lowest BCUT2D eigenvalue weighted by Gasteiger charge is -2.24. The molecule has 1 atom stereocenters. The molecule has 0 bridgehead atoms. The number of likely N-dealkylation sites (tertiary alicyclic amines) is 1. The van der Waals surface area contributed by atoms with Gasteiger partial charge in [0.25, 0.3) is 0 Å². The molecule has 0 N–H and O–H groups in total. The van der Waals surface area contributed by atoms with Gasteiger partial charge in [-0.2, -0.15) is 0 Å². The first-order valence-corrected chi connectivity index (χ1v) is 9.29. The van der Waals surface area contributed by atoms with E-state index < -0.39 is 0 Å². The zero-order chi connectivity index (χ0) is 16.9. The van der Waals surface area contributed by atoms with E-state index >= 15 is 0 Å². The minimum absolute atomic E-state index is 0.331. The molecule has 4 nitrogen and oxygen atoms in total. The van der Waals surface area contributed by atoms with Gasteiger partial charge in [0.05, 0.1) is 5.41 Å². The van der Waals surface area contributed by atoms with Crippen molar-refractivity contribution in [3.8, 4) is 0 Å². The molecule has 2 aliphatic heterocycles. The van der Waals surface area contributed by atoms with E-state index in [1.807, 2.05) is 12.4 Å². The first kappa shape index (κ1) is 15.1. The van der Waals surface area contributed by atoms with Crippen LogP contribution in [0.3, 0.4) is 0 Å². The van der Waals surface area contributed by atoms with Crippen molar-refractivity contribution in [1.29, 1.82) is 0 Å². The summed E-state index contributed by atoms with van der Waals surface area (Å²) in [5, 5.41) is 0. The Morgan fingerprint density at radius 1 is 1.12 bits per heavy atom. The molecule has 2 aromatic rings. The van der Waals surface area contributed by atoms with Crippen LogP contribution in [0.25, 0.3) is 0 Å². The number of fused-ring (bicyclic) bond motifs is 2. The van der Waals surface area contributed by atoms with Crippen LogP contribution in [0.5, 0.6) is 0 Å². The maximum atomic E-state index is 13.4. The summed E-state index contributed by atoms with van der Waals surface area (Å²) in [6.45, 7) is 3.59. The van der Waals surface area contributed by atoms with Gasteiger partial charge in [-0.15, -0.1) is 0 Å². The number of rotatable bonds is 4. The first-order chi connectivity index (χ1) is 12.3. The van der Waals surface area contributed by atoms with E-state index in [-0.39, 0.29) is 5.41 Å². The van der Waals surface area contributed by atoms with E-state index in [0.717, 1.165) is 38.3 Å². The molecule has 1 spiro atoms. The summed E-state index contributed by atoms with van der Waals surface area (Å²) in [5.74, 6) is 1.04. The van der Waals surface area contributed by atoms with Gasteiger partial charge in [-0.3, -0.25) is 14.7 Å². The summed E-state index contributed by atoms with van der Waals surface area (Å²) in [4.78, 5) is 22.0. The Hall–Kier alpha value is -2.20. The molecule has 128 valence electrons. The minimum atomic E-state index is -0.335. The van der Waals surface area contributed by atoms with Crippen LogP contribution in [0.4, 0.5) is 5.69 Å². The molecule has 1 amide bonds. The van der Waals surface area contributed by atoms with E-state index in [1.54, 1.807) is 0 Å². The highest BCUT2D eigenvalue weighted by Gasteiger charge is 2.54. The zero-order valence-corrected chi connectivity index (χ0v) is 14.4. The molecule has 0 unspecified atom stereocenters. The first-order valence-electron chi connectivity index (χ1n) is 9.29. The lowest BCUT2D eigenvalue weighted by atomic mass is 9.81. The third-order valence-corrected chi connectivity index (χ3v) is 6.01. The van der Waals surface area contributed by atoms with E-state index in [9.17, 15) is 4.79 Å². The zero-order valence-electron chi connectivity index (χ0n) is 14.4. The second kappa shape index (κ2) is 5.67. The summed E-state index contributed by atoms with van der Waals surface area (Å²) in [6, 6.07) is 12.6. The molecule has 1 aromatic heterocycles. The van der Waals surface area contributed by atoms with Crippen molar-refractivity contribution in [2.75, 3.05) is 24.5 Å². The van der Waals surface area contributed by atoms with Crippen LogP contribution in [0.15, 0.2) is 48.8 Å². The third kappa shape index (κ3) is 2.47. The molecule has 1 saturated heterocycles. The fraction of sp³-hybridized carbons (Fsp3) is 0.429. The molecular formula is C21H23N3O. The molecule has 4 heteroatoms. The molecule has 1 aromatic carbocycles. The van der Waals surface area contributed by atoms with Crippen molar-refractivity contribution in [1.82, 2.24) is 9.88 Å².